The lowest BCUT2D eigenvalue weighted by molar-refractivity contribution is 0.00578. The molecule has 2 atom stereocenters. The van der Waals surface area contributed by atoms with Gasteiger partial charge in [0.05, 0.1) is 24.4 Å². The minimum absolute atomic E-state index is 0.0605. The number of hydrogen-bond donors (Lipinski definition) is 0. The van der Waals surface area contributed by atoms with Gasteiger partial charge >= 0.3 is 7.12 Å². The molecule has 2 saturated heterocycles. The number of rotatable bonds is 3. The van der Waals surface area contributed by atoms with Crippen molar-refractivity contribution in [2.24, 2.45) is 0 Å². The molecule has 3 nitrogen and oxygen atoms in total. The molecule has 1 aromatic rings. The summed E-state index contributed by atoms with van der Waals surface area (Å²) in [7, 11) is -0.0605. The summed E-state index contributed by atoms with van der Waals surface area (Å²) in [6.07, 6.45) is 1.17. The summed E-state index contributed by atoms with van der Waals surface area (Å²) in [5.41, 5.74) is 2.38. The third-order valence-corrected chi connectivity index (χ3v) is 5.93. The maximum absolute atomic E-state index is 6.19. The van der Waals surface area contributed by atoms with Crippen LogP contribution >= 0.6 is 0 Å². The van der Waals surface area contributed by atoms with Gasteiger partial charge in [0, 0.05) is 11.7 Å². The van der Waals surface area contributed by atoms with Crippen molar-refractivity contribution in [2.75, 3.05) is 13.2 Å². The predicted molar refractivity (Wildman–Crippen MR) is 87.2 cm³/mol. The smallest absolute Gasteiger partial charge is 0.403 e. The van der Waals surface area contributed by atoms with E-state index < -0.39 is 0 Å². The van der Waals surface area contributed by atoms with Crippen molar-refractivity contribution in [1.29, 1.82) is 0 Å². The van der Waals surface area contributed by atoms with Gasteiger partial charge in [0.2, 0.25) is 0 Å². The van der Waals surface area contributed by atoms with Crippen LogP contribution in [0.4, 0.5) is 0 Å². The van der Waals surface area contributed by atoms with E-state index in [4.69, 9.17) is 14.0 Å². The minimum atomic E-state index is -0.223. The predicted octanol–water partition coefficient (Wildman–Crippen LogP) is 3.75. The van der Waals surface area contributed by atoms with E-state index in [0.717, 1.165) is 13.2 Å². The van der Waals surface area contributed by atoms with Crippen molar-refractivity contribution >= 4 is 7.12 Å². The van der Waals surface area contributed by atoms with E-state index in [0.29, 0.717) is 17.7 Å². The van der Waals surface area contributed by atoms with Gasteiger partial charge in [0.15, 0.2) is 0 Å². The van der Waals surface area contributed by atoms with Crippen LogP contribution in [0, 0.1) is 0 Å². The number of benzene rings is 1. The maximum Gasteiger partial charge on any atom is 0.461 e. The molecule has 2 aliphatic heterocycles. The molecule has 1 aliphatic carbocycles. The summed E-state index contributed by atoms with van der Waals surface area (Å²) < 4.78 is 17.6. The Morgan fingerprint density at radius 1 is 0.909 bits per heavy atom. The van der Waals surface area contributed by atoms with Gasteiger partial charge in [0.1, 0.15) is 0 Å². The molecule has 22 heavy (non-hydrogen) atoms. The van der Waals surface area contributed by atoms with Crippen LogP contribution in [-0.2, 0) is 14.0 Å². The largest absolute Gasteiger partial charge is 0.461 e. The lowest BCUT2D eigenvalue weighted by atomic mass is 9.79. The molecule has 0 unspecified atom stereocenters. The van der Waals surface area contributed by atoms with Gasteiger partial charge in [-0.15, -0.1) is 0 Å². The van der Waals surface area contributed by atoms with Crippen molar-refractivity contribution < 1.29 is 14.0 Å². The highest BCUT2D eigenvalue weighted by molar-refractivity contribution is 6.49. The van der Waals surface area contributed by atoms with E-state index in [1.165, 1.54) is 17.5 Å². The fourth-order valence-corrected chi connectivity index (χ4v) is 3.41. The Morgan fingerprint density at radius 2 is 1.45 bits per heavy atom. The quantitative estimate of drug-likeness (QED) is 0.796. The van der Waals surface area contributed by atoms with Crippen LogP contribution in [-0.4, -0.2) is 31.5 Å². The number of hydrogen-bond acceptors (Lipinski definition) is 3. The normalized spacial score (nSPS) is 32.8. The molecule has 0 amide bonds. The van der Waals surface area contributed by atoms with E-state index >= 15 is 0 Å². The Bertz CT molecular complexity index is 546. The molecule has 0 bridgehead atoms. The summed E-state index contributed by atoms with van der Waals surface area (Å²) in [6, 6.07) is 9.09. The molecule has 1 aromatic carbocycles. The molecule has 4 heteroatoms. The van der Waals surface area contributed by atoms with Crippen molar-refractivity contribution in [2.45, 2.75) is 63.0 Å². The molecule has 0 N–H and O–H groups in total. The van der Waals surface area contributed by atoms with E-state index in [1.807, 2.05) is 0 Å². The average molecular weight is 300 g/mol. The van der Waals surface area contributed by atoms with Gasteiger partial charge in [0.25, 0.3) is 0 Å². The zero-order valence-corrected chi connectivity index (χ0v) is 14.0. The molecule has 1 saturated carbocycles. The van der Waals surface area contributed by atoms with E-state index in [1.54, 1.807) is 0 Å². The summed E-state index contributed by atoms with van der Waals surface area (Å²) in [5.74, 6) is 1.69. The zero-order chi connectivity index (χ0) is 15.5. The first kappa shape index (κ1) is 14.7. The summed E-state index contributed by atoms with van der Waals surface area (Å²) in [4.78, 5) is 0. The van der Waals surface area contributed by atoms with Crippen molar-refractivity contribution in [3.05, 3.63) is 35.4 Å². The fourth-order valence-electron chi connectivity index (χ4n) is 3.41. The number of ether oxygens (including phenoxy) is 1. The van der Waals surface area contributed by atoms with Gasteiger partial charge in [-0.25, -0.2) is 0 Å². The third kappa shape index (κ3) is 2.32. The summed E-state index contributed by atoms with van der Waals surface area (Å²) >= 11 is 0. The molecule has 2 heterocycles. The van der Waals surface area contributed by atoms with Crippen LogP contribution in [0.2, 0.25) is 5.82 Å². The Labute approximate surface area is 133 Å². The second kappa shape index (κ2) is 4.83. The van der Waals surface area contributed by atoms with Gasteiger partial charge in [-0.1, -0.05) is 24.3 Å². The van der Waals surface area contributed by atoms with E-state index in [9.17, 15) is 0 Å². The Hall–Kier alpha value is -0.835. The first-order valence-corrected chi connectivity index (χ1v) is 8.41. The SMILES string of the molecule is CC1(C)OB([C@H]2C[C@@H]2c2ccc(C3COC3)cc2)OC1(C)C. The molecular formula is C18H25BO3. The Balaban J connectivity index is 1.42. The topological polar surface area (TPSA) is 27.7 Å². The summed E-state index contributed by atoms with van der Waals surface area (Å²) in [6.45, 7) is 10.2. The van der Waals surface area contributed by atoms with Gasteiger partial charge < -0.3 is 14.0 Å². The van der Waals surface area contributed by atoms with Gasteiger partial charge in [-0.3, -0.25) is 0 Å². The van der Waals surface area contributed by atoms with Crippen molar-refractivity contribution in [3.8, 4) is 0 Å². The Morgan fingerprint density at radius 3 is 1.95 bits per heavy atom. The van der Waals surface area contributed by atoms with Crippen molar-refractivity contribution in [3.63, 3.8) is 0 Å². The lowest BCUT2D eigenvalue weighted by Gasteiger charge is -2.32. The lowest BCUT2D eigenvalue weighted by Crippen LogP contribution is -2.41. The fraction of sp³-hybridized carbons (Fsp3) is 0.667. The third-order valence-electron chi connectivity index (χ3n) is 5.93. The van der Waals surface area contributed by atoms with Crippen LogP contribution in [0.25, 0.3) is 0 Å². The highest BCUT2D eigenvalue weighted by atomic mass is 16.7. The molecule has 4 rings (SSSR count). The van der Waals surface area contributed by atoms with Gasteiger partial charge in [-0.05, 0) is 51.2 Å². The molecule has 118 valence electrons. The average Bonchev–Trinajstić information content (AvgIpc) is 3.12. The Kier molecular flexibility index (Phi) is 3.23. The molecule has 3 fully saturated rings. The molecular weight excluding hydrogens is 275 g/mol. The standard InChI is InChI=1S/C18H25BO3/c1-17(2)18(3,4)22-19(21-17)16-9-15(16)13-7-5-12(6-8-13)14-10-20-11-14/h5-8,14-16H,9-11H2,1-4H3/t15-,16+/m1/s1. The summed E-state index contributed by atoms with van der Waals surface area (Å²) in [5, 5.41) is 0. The highest BCUT2D eigenvalue weighted by Crippen LogP contribution is 2.58. The van der Waals surface area contributed by atoms with Crippen LogP contribution in [0.15, 0.2) is 24.3 Å². The molecule has 0 radical (unpaired) electrons. The van der Waals surface area contributed by atoms with E-state index in [-0.39, 0.29) is 18.3 Å². The van der Waals surface area contributed by atoms with Crippen LogP contribution in [0.5, 0.6) is 0 Å². The molecule has 3 aliphatic rings. The van der Waals surface area contributed by atoms with Crippen LogP contribution in [0.3, 0.4) is 0 Å². The molecule has 0 spiro atoms. The zero-order valence-electron chi connectivity index (χ0n) is 14.0. The van der Waals surface area contributed by atoms with Crippen LogP contribution < -0.4 is 0 Å². The van der Waals surface area contributed by atoms with E-state index in [2.05, 4.69) is 52.0 Å². The first-order valence-electron chi connectivity index (χ1n) is 8.41. The first-order chi connectivity index (χ1) is 10.4. The van der Waals surface area contributed by atoms with Gasteiger partial charge in [-0.2, -0.15) is 0 Å². The maximum atomic E-state index is 6.19. The highest BCUT2D eigenvalue weighted by Gasteiger charge is 2.59. The van der Waals surface area contributed by atoms with Crippen LogP contribution in [0.1, 0.15) is 57.1 Å². The minimum Gasteiger partial charge on any atom is -0.403 e. The second-order valence-corrected chi connectivity index (χ2v) is 8.03. The van der Waals surface area contributed by atoms with Crippen molar-refractivity contribution in [1.82, 2.24) is 0 Å². The second-order valence-electron chi connectivity index (χ2n) is 8.03. The molecule has 0 aromatic heterocycles. The monoisotopic (exact) mass is 300 g/mol.